The number of nitrogens with zero attached hydrogens (tertiary/aromatic N) is 1. The van der Waals surface area contributed by atoms with Crippen LogP contribution in [0.3, 0.4) is 0 Å². The summed E-state index contributed by atoms with van der Waals surface area (Å²) in [5.74, 6) is -0.997. The molecular formula is C16H22N2O2. The highest BCUT2D eigenvalue weighted by Crippen LogP contribution is 2.17. The van der Waals surface area contributed by atoms with Gasteiger partial charge in [-0.3, -0.25) is 9.59 Å². The maximum Gasteiger partial charge on any atom is 0.316 e. The lowest BCUT2D eigenvalue weighted by molar-refractivity contribution is -0.137. The first-order chi connectivity index (χ1) is 9.68. The number of anilines is 1. The molecule has 2 amide bonds. The monoisotopic (exact) mass is 274 g/mol. The van der Waals surface area contributed by atoms with Gasteiger partial charge in [0.1, 0.15) is 0 Å². The Hall–Kier alpha value is -1.84. The van der Waals surface area contributed by atoms with Crippen molar-refractivity contribution in [1.82, 2.24) is 5.32 Å². The Kier molecular flexibility index (Phi) is 5.16. The van der Waals surface area contributed by atoms with Gasteiger partial charge in [0.2, 0.25) is 0 Å². The van der Waals surface area contributed by atoms with Crippen molar-refractivity contribution in [3.8, 4) is 0 Å². The van der Waals surface area contributed by atoms with Gasteiger partial charge in [-0.05, 0) is 25.0 Å². The molecule has 0 heterocycles. The minimum absolute atomic E-state index is 0.151. The van der Waals surface area contributed by atoms with Crippen molar-refractivity contribution in [2.75, 3.05) is 11.9 Å². The summed E-state index contributed by atoms with van der Waals surface area (Å²) in [6, 6.07) is 9.37. The van der Waals surface area contributed by atoms with Crippen molar-refractivity contribution in [1.29, 1.82) is 0 Å². The van der Waals surface area contributed by atoms with Gasteiger partial charge in [-0.15, -0.1) is 0 Å². The Balaban J connectivity index is 1.92. The Labute approximate surface area is 120 Å². The zero-order valence-corrected chi connectivity index (χ0v) is 12.0. The number of amides is 2. The fourth-order valence-corrected chi connectivity index (χ4v) is 2.59. The molecule has 0 saturated heterocycles. The average Bonchev–Trinajstić information content (AvgIpc) is 2.75. The molecule has 2 rings (SSSR count). The van der Waals surface area contributed by atoms with E-state index in [0.717, 1.165) is 31.4 Å². The van der Waals surface area contributed by atoms with Crippen LogP contribution in [0.2, 0.25) is 0 Å². The third-order valence-electron chi connectivity index (χ3n) is 3.83. The highest BCUT2D eigenvalue weighted by Gasteiger charge is 2.23. The summed E-state index contributed by atoms with van der Waals surface area (Å²) < 4.78 is 0. The van der Waals surface area contributed by atoms with Gasteiger partial charge >= 0.3 is 11.8 Å². The topological polar surface area (TPSA) is 49.4 Å². The average molecular weight is 274 g/mol. The van der Waals surface area contributed by atoms with Crippen molar-refractivity contribution in [3.05, 3.63) is 30.3 Å². The van der Waals surface area contributed by atoms with Crippen LogP contribution in [0.25, 0.3) is 0 Å². The lowest BCUT2D eigenvalue weighted by Crippen LogP contribution is -2.45. The maximum absolute atomic E-state index is 12.1. The van der Waals surface area contributed by atoms with Crippen LogP contribution < -0.4 is 10.2 Å². The van der Waals surface area contributed by atoms with Crippen molar-refractivity contribution >= 4 is 17.5 Å². The summed E-state index contributed by atoms with van der Waals surface area (Å²) in [6.45, 7) is 0. The summed E-state index contributed by atoms with van der Waals surface area (Å²) in [7, 11) is 1.63. The number of likely N-dealkylation sites (N-methyl/N-ethyl adjacent to an activating group) is 1. The van der Waals surface area contributed by atoms with Crippen LogP contribution in [0.15, 0.2) is 30.3 Å². The van der Waals surface area contributed by atoms with E-state index in [4.69, 9.17) is 0 Å². The molecule has 1 fully saturated rings. The minimum atomic E-state index is -0.500. The van der Waals surface area contributed by atoms with E-state index in [-0.39, 0.29) is 6.04 Å². The number of hydrogen-bond acceptors (Lipinski definition) is 2. The molecule has 0 unspecified atom stereocenters. The summed E-state index contributed by atoms with van der Waals surface area (Å²) >= 11 is 0. The highest BCUT2D eigenvalue weighted by molar-refractivity contribution is 6.40. The normalized spacial score (nSPS) is 16.2. The van der Waals surface area contributed by atoms with Gasteiger partial charge in [-0.25, -0.2) is 0 Å². The van der Waals surface area contributed by atoms with Crippen LogP contribution in [0.5, 0.6) is 0 Å². The maximum atomic E-state index is 12.1. The van der Waals surface area contributed by atoms with Gasteiger partial charge in [0.05, 0.1) is 0 Å². The van der Waals surface area contributed by atoms with Crippen LogP contribution >= 0.6 is 0 Å². The molecule has 1 aliphatic carbocycles. The van der Waals surface area contributed by atoms with Crippen LogP contribution in [0.1, 0.15) is 38.5 Å². The Morgan fingerprint density at radius 3 is 2.25 bits per heavy atom. The molecule has 0 aliphatic heterocycles. The van der Waals surface area contributed by atoms with Crippen molar-refractivity contribution in [2.45, 2.75) is 44.6 Å². The lowest BCUT2D eigenvalue weighted by atomic mass is 10.1. The van der Waals surface area contributed by atoms with E-state index in [1.165, 1.54) is 17.7 Å². The van der Waals surface area contributed by atoms with E-state index in [1.54, 1.807) is 7.05 Å². The second kappa shape index (κ2) is 7.08. The zero-order valence-electron chi connectivity index (χ0n) is 12.0. The van der Waals surface area contributed by atoms with Gasteiger partial charge in [-0.1, -0.05) is 43.9 Å². The van der Waals surface area contributed by atoms with Crippen LogP contribution in [0, 0.1) is 0 Å². The molecule has 108 valence electrons. The quantitative estimate of drug-likeness (QED) is 0.665. The first-order valence-corrected chi connectivity index (χ1v) is 7.32. The smallest absolute Gasteiger partial charge is 0.316 e. The third-order valence-corrected chi connectivity index (χ3v) is 3.83. The second-order valence-electron chi connectivity index (χ2n) is 5.36. The van der Waals surface area contributed by atoms with Crippen LogP contribution in [-0.2, 0) is 9.59 Å². The molecule has 0 radical (unpaired) electrons. The van der Waals surface area contributed by atoms with Crippen molar-refractivity contribution in [2.24, 2.45) is 0 Å². The molecule has 1 aliphatic rings. The molecule has 0 aromatic heterocycles. The fourth-order valence-electron chi connectivity index (χ4n) is 2.59. The van der Waals surface area contributed by atoms with E-state index < -0.39 is 11.8 Å². The third kappa shape index (κ3) is 3.83. The predicted molar refractivity (Wildman–Crippen MR) is 79.5 cm³/mol. The fraction of sp³-hybridized carbons (Fsp3) is 0.500. The van der Waals surface area contributed by atoms with Gasteiger partial charge in [-0.2, -0.15) is 0 Å². The standard InChI is InChI=1S/C16H22N2O2/c1-18(14-11-7-4-8-12-14)16(20)15(19)17-13-9-5-2-3-6-10-13/h4,7-8,11-13H,2-3,5-6,9-10H2,1H3,(H,17,19). The van der Waals surface area contributed by atoms with E-state index in [0.29, 0.717) is 0 Å². The summed E-state index contributed by atoms with van der Waals surface area (Å²) in [4.78, 5) is 25.5. The Morgan fingerprint density at radius 1 is 1.05 bits per heavy atom. The summed E-state index contributed by atoms with van der Waals surface area (Å²) in [5.41, 5.74) is 0.730. The molecule has 0 bridgehead atoms. The Morgan fingerprint density at radius 2 is 1.65 bits per heavy atom. The molecule has 0 spiro atoms. The van der Waals surface area contributed by atoms with Crippen molar-refractivity contribution < 1.29 is 9.59 Å². The molecule has 4 heteroatoms. The lowest BCUT2D eigenvalue weighted by Gasteiger charge is -2.20. The van der Waals surface area contributed by atoms with E-state index >= 15 is 0 Å². The van der Waals surface area contributed by atoms with Gasteiger partial charge in [0, 0.05) is 18.8 Å². The minimum Gasteiger partial charge on any atom is -0.345 e. The number of para-hydroxylation sites is 1. The second-order valence-corrected chi connectivity index (χ2v) is 5.36. The molecule has 1 aromatic carbocycles. The molecule has 1 saturated carbocycles. The van der Waals surface area contributed by atoms with Gasteiger partial charge in [0.15, 0.2) is 0 Å². The predicted octanol–water partition coefficient (Wildman–Crippen LogP) is 2.49. The molecule has 20 heavy (non-hydrogen) atoms. The van der Waals surface area contributed by atoms with Crippen LogP contribution in [0.4, 0.5) is 5.69 Å². The van der Waals surface area contributed by atoms with E-state index in [2.05, 4.69) is 5.32 Å². The first-order valence-electron chi connectivity index (χ1n) is 7.32. The molecular weight excluding hydrogens is 252 g/mol. The Bertz CT molecular complexity index is 451. The number of carbonyl (C=O) groups excluding carboxylic acids is 2. The van der Waals surface area contributed by atoms with E-state index in [9.17, 15) is 9.59 Å². The number of benzene rings is 1. The molecule has 1 aromatic rings. The summed E-state index contributed by atoms with van der Waals surface area (Å²) in [5, 5.41) is 2.88. The van der Waals surface area contributed by atoms with E-state index in [1.807, 2.05) is 30.3 Å². The van der Waals surface area contributed by atoms with Gasteiger partial charge in [0.25, 0.3) is 0 Å². The first kappa shape index (κ1) is 14.6. The summed E-state index contributed by atoms with van der Waals surface area (Å²) in [6.07, 6.45) is 6.68. The largest absolute Gasteiger partial charge is 0.345 e. The number of hydrogen-bond donors (Lipinski definition) is 1. The molecule has 0 atom stereocenters. The highest BCUT2D eigenvalue weighted by atomic mass is 16.2. The number of nitrogens with one attached hydrogen (secondary N) is 1. The van der Waals surface area contributed by atoms with Crippen LogP contribution in [-0.4, -0.2) is 24.9 Å². The number of rotatable bonds is 2. The molecule has 1 N–H and O–H groups in total. The molecule has 4 nitrogen and oxygen atoms in total. The SMILES string of the molecule is CN(C(=O)C(=O)NC1CCCCCC1)c1ccccc1. The zero-order chi connectivity index (χ0) is 14.4. The number of carbonyl (C=O) groups is 2. The van der Waals surface area contributed by atoms with Crippen molar-refractivity contribution in [3.63, 3.8) is 0 Å². The van der Waals surface area contributed by atoms with Gasteiger partial charge < -0.3 is 10.2 Å².